The molecule has 0 aliphatic heterocycles. The highest BCUT2D eigenvalue weighted by atomic mass is 32.2. The SMILES string of the molecule is CCc1cc(NCc2cccs2)c(C(=O)O)cc1S(N)(=O)=O. The summed E-state index contributed by atoms with van der Waals surface area (Å²) in [4.78, 5) is 12.3. The van der Waals surface area contributed by atoms with Crippen molar-refractivity contribution in [3.8, 4) is 0 Å². The highest BCUT2D eigenvalue weighted by Crippen LogP contribution is 2.26. The highest BCUT2D eigenvalue weighted by Gasteiger charge is 2.20. The molecule has 6 nitrogen and oxygen atoms in total. The number of aromatic carboxylic acids is 1. The lowest BCUT2D eigenvalue weighted by Crippen LogP contribution is -2.17. The second kappa shape index (κ2) is 6.47. The Morgan fingerprint density at radius 1 is 1.41 bits per heavy atom. The van der Waals surface area contributed by atoms with Crippen LogP contribution in [0.5, 0.6) is 0 Å². The largest absolute Gasteiger partial charge is 0.478 e. The summed E-state index contributed by atoms with van der Waals surface area (Å²) in [6.45, 7) is 2.25. The monoisotopic (exact) mass is 340 g/mol. The van der Waals surface area contributed by atoms with Crippen LogP contribution in [0.4, 0.5) is 5.69 Å². The summed E-state index contributed by atoms with van der Waals surface area (Å²) < 4.78 is 23.2. The van der Waals surface area contributed by atoms with Crippen LogP contribution in [0.2, 0.25) is 0 Å². The van der Waals surface area contributed by atoms with Crippen molar-refractivity contribution >= 4 is 33.0 Å². The van der Waals surface area contributed by atoms with Crippen LogP contribution in [-0.4, -0.2) is 19.5 Å². The maximum Gasteiger partial charge on any atom is 0.337 e. The average Bonchev–Trinajstić information content (AvgIpc) is 2.96. The Labute approximate surface area is 132 Å². The van der Waals surface area contributed by atoms with Crippen molar-refractivity contribution < 1.29 is 18.3 Å². The number of carboxylic acids is 1. The third kappa shape index (κ3) is 3.65. The van der Waals surface area contributed by atoms with Gasteiger partial charge in [-0.25, -0.2) is 18.4 Å². The van der Waals surface area contributed by atoms with E-state index in [-0.39, 0.29) is 10.5 Å². The number of rotatable bonds is 6. The van der Waals surface area contributed by atoms with E-state index >= 15 is 0 Å². The Morgan fingerprint density at radius 3 is 2.64 bits per heavy atom. The van der Waals surface area contributed by atoms with Crippen LogP contribution in [0.15, 0.2) is 34.5 Å². The van der Waals surface area contributed by atoms with Crippen LogP contribution < -0.4 is 10.5 Å². The molecular formula is C14H16N2O4S2. The van der Waals surface area contributed by atoms with E-state index in [1.54, 1.807) is 18.3 Å². The minimum absolute atomic E-state index is 0.113. The second-order valence-corrected chi connectivity index (χ2v) is 7.20. The summed E-state index contributed by atoms with van der Waals surface area (Å²) in [5.74, 6) is -1.21. The van der Waals surface area contributed by atoms with Crippen molar-refractivity contribution in [2.45, 2.75) is 24.8 Å². The van der Waals surface area contributed by atoms with Crippen molar-refractivity contribution in [3.63, 3.8) is 0 Å². The standard InChI is InChI=1S/C14H16N2O4S2/c1-2-9-6-12(16-8-10-4-3-5-21-10)11(14(17)18)7-13(9)22(15,19)20/h3-7,16H,2,8H2,1H3,(H,17,18)(H2,15,19,20). The molecule has 4 N–H and O–H groups in total. The topological polar surface area (TPSA) is 109 Å². The van der Waals surface area contributed by atoms with Crippen molar-refractivity contribution in [1.29, 1.82) is 0 Å². The third-order valence-corrected chi connectivity index (χ3v) is 5.02. The van der Waals surface area contributed by atoms with Crippen LogP contribution in [0.25, 0.3) is 0 Å². The van der Waals surface area contributed by atoms with E-state index in [2.05, 4.69) is 5.32 Å². The van der Waals surface area contributed by atoms with Gasteiger partial charge in [0.05, 0.1) is 10.5 Å². The van der Waals surface area contributed by atoms with Gasteiger partial charge in [-0.2, -0.15) is 0 Å². The zero-order valence-electron chi connectivity index (χ0n) is 11.9. The number of carboxylic acid groups (broad SMARTS) is 1. The predicted octanol–water partition coefficient (Wildman–Crippen LogP) is 2.27. The number of thiophene rings is 1. The molecule has 1 aromatic heterocycles. The van der Waals surface area contributed by atoms with E-state index in [0.717, 1.165) is 10.9 Å². The van der Waals surface area contributed by atoms with Gasteiger partial charge in [0.1, 0.15) is 0 Å². The van der Waals surface area contributed by atoms with Gasteiger partial charge in [0.2, 0.25) is 10.0 Å². The molecule has 0 fully saturated rings. The first-order chi connectivity index (χ1) is 10.3. The lowest BCUT2D eigenvalue weighted by atomic mass is 10.1. The molecule has 2 rings (SSSR count). The Morgan fingerprint density at radius 2 is 2.14 bits per heavy atom. The smallest absolute Gasteiger partial charge is 0.337 e. The predicted molar refractivity (Wildman–Crippen MR) is 85.8 cm³/mol. The number of carbonyl (C=O) groups is 1. The van der Waals surface area contributed by atoms with Gasteiger partial charge in [-0.1, -0.05) is 13.0 Å². The number of hydrogen-bond donors (Lipinski definition) is 3. The van der Waals surface area contributed by atoms with Crippen molar-refractivity contribution in [2.75, 3.05) is 5.32 Å². The van der Waals surface area contributed by atoms with Crippen LogP contribution in [0.1, 0.15) is 27.7 Å². The number of anilines is 1. The van der Waals surface area contributed by atoms with Crippen molar-refractivity contribution in [1.82, 2.24) is 0 Å². The molecule has 0 spiro atoms. The maximum absolute atomic E-state index is 11.6. The van der Waals surface area contributed by atoms with Crippen molar-refractivity contribution in [2.24, 2.45) is 5.14 Å². The molecule has 0 saturated carbocycles. The fourth-order valence-electron chi connectivity index (χ4n) is 2.08. The second-order valence-electron chi connectivity index (χ2n) is 4.64. The molecule has 8 heteroatoms. The van der Waals surface area contributed by atoms with Crippen molar-refractivity contribution in [3.05, 3.63) is 45.6 Å². The minimum Gasteiger partial charge on any atom is -0.478 e. The molecule has 0 saturated heterocycles. The Bertz CT molecular complexity index is 783. The van der Waals surface area contributed by atoms with Crippen LogP contribution in [0.3, 0.4) is 0 Å². The number of nitrogens with two attached hydrogens (primary N) is 1. The van der Waals surface area contributed by atoms with E-state index in [1.165, 1.54) is 6.07 Å². The Balaban J connectivity index is 2.46. The van der Waals surface area contributed by atoms with Gasteiger partial charge in [-0.15, -0.1) is 11.3 Å². The van der Waals surface area contributed by atoms with Gasteiger partial charge >= 0.3 is 5.97 Å². The van der Waals surface area contributed by atoms with E-state index in [4.69, 9.17) is 5.14 Å². The number of sulfonamides is 1. The van der Waals surface area contributed by atoms with Gasteiger partial charge in [0.25, 0.3) is 0 Å². The van der Waals surface area contributed by atoms with Gasteiger partial charge in [-0.05, 0) is 35.6 Å². The summed E-state index contributed by atoms with van der Waals surface area (Å²) in [6.07, 6.45) is 0.430. The van der Waals surface area contributed by atoms with E-state index in [9.17, 15) is 18.3 Å². The summed E-state index contributed by atoms with van der Waals surface area (Å²) in [6, 6.07) is 6.49. The first kappa shape index (κ1) is 16.5. The summed E-state index contributed by atoms with van der Waals surface area (Å²) in [7, 11) is -3.97. The highest BCUT2D eigenvalue weighted by molar-refractivity contribution is 7.89. The Hall–Kier alpha value is -1.90. The van der Waals surface area contributed by atoms with Crippen LogP contribution in [0, 0.1) is 0 Å². The van der Waals surface area contributed by atoms with Gasteiger partial charge in [-0.3, -0.25) is 0 Å². The molecule has 2 aromatic rings. The first-order valence-corrected chi connectivity index (χ1v) is 8.94. The maximum atomic E-state index is 11.6. The molecule has 0 atom stereocenters. The van der Waals surface area contributed by atoms with Gasteiger partial charge < -0.3 is 10.4 Å². The number of aryl methyl sites for hydroxylation is 1. The normalized spacial score (nSPS) is 11.4. The number of primary sulfonamides is 1. The van der Waals surface area contributed by atoms with Gasteiger partial charge in [0, 0.05) is 17.1 Å². The molecule has 0 unspecified atom stereocenters. The zero-order valence-corrected chi connectivity index (χ0v) is 13.5. The lowest BCUT2D eigenvalue weighted by molar-refractivity contribution is 0.0697. The molecule has 0 bridgehead atoms. The average molecular weight is 340 g/mol. The summed E-state index contributed by atoms with van der Waals surface area (Å²) >= 11 is 1.55. The zero-order chi connectivity index (χ0) is 16.3. The van der Waals surface area contributed by atoms with Crippen LogP contribution in [-0.2, 0) is 23.0 Å². The molecule has 118 valence electrons. The quantitative estimate of drug-likeness (QED) is 0.747. The molecule has 22 heavy (non-hydrogen) atoms. The number of hydrogen-bond acceptors (Lipinski definition) is 5. The molecule has 0 aliphatic carbocycles. The summed E-state index contributed by atoms with van der Waals surface area (Å²) in [5, 5.41) is 19.4. The van der Waals surface area contributed by atoms with Gasteiger partial charge in [0.15, 0.2) is 0 Å². The molecule has 0 radical (unpaired) electrons. The fraction of sp³-hybridized carbons (Fsp3) is 0.214. The van der Waals surface area contributed by atoms with E-state index in [1.807, 2.05) is 17.5 Å². The van der Waals surface area contributed by atoms with E-state index < -0.39 is 16.0 Å². The fourth-order valence-corrected chi connectivity index (χ4v) is 3.58. The lowest BCUT2D eigenvalue weighted by Gasteiger charge is -2.14. The molecule has 0 amide bonds. The summed E-state index contributed by atoms with van der Waals surface area (Å²) in [5.41, 5.74) is 0.754. The third-order valence-electron chi connectivity index (χ3n) is 3.15. The molecular weight excluding hydrogens is 324 g/mol. The minimum atomic E-state index is -3.97. The number of benzene rings is 1. The van der Waals surface area contributed by atoms with Crippen LogP contribution >= 0.6 is 11.3 Å². The first-order valence-electron chi connectivity index (χ1n) is 6.52. The molecule has 0 aliphatic rings. The molecule has 1 heterocycles. The van der Waals surface area contributed by atoms with E-state index in [0.29, 0.717) is 24.2 Å². The Kier molecular flexibility index (Phi) is 4.84. The molecule has 1 aromatic carbocycles. The number of nitrogens with one attached hydrogen (secondary N) is 1.